The van der Waals surface area contributed by atoms with E-state index >= 15 is 0 Å². The molecule has 2 rings (SSSR count). The second kappa shape index (κ2) is 2.81. The first kappa shape index (κ1) is 8.70. The number of hydrogen-bond acceptors (Lipinski definition) is 1. The molecule has 0 heterocycles. The van der Waals surface area contributed by atoms with Gasteiger partial charge in [-0.3, -0.25) is 0 Å². The molecule has 1 saturated carbocycles. The van der Waals surface area contributed by atoms with Gasteiger partial charge in [-0.1, -0.05) is 17.7 Å². The number of aliphatic hydroxyl groups is 1. The van der Waals surface area contributed by atoms with Crippen LogP contribution in [0.1, 0.15) is 24.0 Å². The molecule has 1 fully saturated rings. The monoisotopic (exact) mass is 180 g/mol. The first-order chi connectivity index (χ1) is 6.18. The highest BCUT2D eigenvalue weighted by Gasteiger charge is 2.45. The summed E-state index contributed by atoms with van der Waals surface area (Å²) in [7, 11) is 0. The number of halogens is 1. The minimum absolute atomic E-state index is 0.0629. The Kier molecular flexibility index (Phi) is 1.88. The Morgan fingerprint density at radius 3 is 2.69 bits per heavy atom. The lowest BCUT2D eigenvalue weighted by Gasteiger charge is -2.13. The van der Waals surface area contributed by atoms with Gasteiger partial charge in [0, 0.05) is 5.41 Å². The van der Waals surface area contributed by atoms with E-state index in [1.165, 1.54) is 6.07 Å². The minimum Gasteiger partial charge on any atom is -0.395 e. The maximum Gasteiger partial charge on any atom is 0.127 e. The molecule has 0 saturated heterocycles. The SMILES string of the molecule is Cc1ccc(F)c(C2(CO)CC2)c1. The zero-order valence-corrected chi connectivity index (χ0v) is 7.68. The molecule has 1 aliphatic carbocycles. The molecular weight excluding hydrogens is 167 g/mol. The van der Waals surface area contributed by atoms with Gasteiger partial charge in [0.2, 0.25) is 0 Å². The van der Waals surface area contributed by atoms with E-state index in [2.05, 4.69) is 0 Å². The van der Waals surface area contributed by atoms with Gasteiger partial charge in [-0.05, 0) is 31.4 Å². The average Bonchev–Trinajstić information content (AvgIpc) is 2.90. The van der Waals surface area contributed by atoms with E-state index in [1.807, 2.05) is 13.0 Å². The molecule has 0 radical (unpaired) electrons. The van der Waals surface area contributed by atoms with Crippen molar-refractivity contribution in [1.82, 2.24) is 0 Å². The van der Waals surface area contributed by atoms with Gasteiger partial charge in [0.15, 0.2) is 0 Å². The molecule has 1 N–H and O–H groups in total. The molecule has 0 atom stereocenters. The average molecular weight is 180 g/mol. The zero-order chi connectivity index (χ0) is 9.47. The quantitative estimate of drug-likeness (QED) is 0.739. The number of aryl methyl sites for hydroxylation is 1. The van der Waals surface area contributed by atoms with E-state index in [4.69, 9.17) is 5.11 Å². The van der Waals surface area contributed by atoms with Crippen LogP contribution in [0, 0.1) is 12.7 Å². The van der Waals surface area contributed by atoms with Crippen molar-refractivity contribution in [3.05, 3.63) is 35.1 Å². The first-order valence-corrected chi connectivity index (χ1v) is 4.55. The molecule has 1 aliphatic rings. The van der Waals surface area contributed by atoms with Crippen molar-refractivity contribution in [2.45, 2.75) is 25.2 Å². The van der Waals surface area contributed by atoms with Gasteiger partial charge in [-0.15, -0.1) is 0 Å². The Balaban J connectivity index is 2.44. The summed E-state index contributed by atoms with van der Waals surface area (Å²) in [6, 6.07) is 5.09. The molecule has 2 heteroatoms. The molecule has 0 spiro atoms. The molecular formula is C11H13FO. The van der Waals surface area contributed by atoms with Crippen molar-refractivity contribution < 1.29 is 9.50 Å². The number of benzene rings is 1. The normalized spacial score (nSPS) is 18.7. The Hall–Kier alpha value is -0.890. The molecule has 0 unspecified atom stereocenters. The minimum atomic E-state index is -0.254. The fraction of sp³-hybridized carbons (Fsp3) is 0.455. The Bertz CT molecular complexity index is 329. The lowest BCUT2D eigenvalue weighted by atomic mass is 9.95. The first-order valence-electron chi connectivity index (χ1n) is 4.55. The van der Waals surface area contributed by atoms with Crippen LogP contribution in [0.4, 0.5) is 4.39 Å². The summed E-state index contributed by atoms with van der Waals surface area (Å²) in [6.07, 6.45) is 1.81. The third-order valence-electron chi connectivity index (χ3n) is 2.85. The molecule has 0 bridgehead atoms. The fourth-order valence-corrected chi connectivity index (χ4v) is 1.71. The van der Waals surface area contributed by atoms with Crippen molar-refractivity contribution in [3.63, 3.8) is 0 Å². The summed E-state index contributed by atoms with van der Waals surface area (Å²) in [5.74, 6) is -0.183. The molecule has 70 valence electrons. The second-order valence-electron chi connectivity index (χ2n) is 3.92. The lowest BCUT2D eigenvalue weighted by Crippen LogP contribution is -2.14. The standard InChI is InChI=1S/C11H13FO/c1-8-2-3-10(12)9(6-8)11(7-13)4-5-11/h2-3,6,13H,4-5,7H2,1H3. The topological polar surface area (TPSA) is 20.2 Å². The van der Waals surface area contributed by atoms with Gasteiger partial charge in [-0.2, -0.15) is 0 Å². The van der Waals surface area contributed by atoms with Gasteiger partial charge in [0.25, 0.3) is 0 Å². The van der Waals surface area contributed by atoms with E-state index in [1.54, 1.807) is 6.07 Å². The highest BCUT2D eigenvalue weighted by molar-refractivity contribution is 5.35. The Labute approximate surface area is 77.2 Å². The van der Waals surface area contributed by atoms with Crippen molar-refractivity contribution >= 4 is 0 Å². The fourth-order valence-electron chi connectivity index (χ4n) is 1.71. The number of rotatable bonds is 2. The Morgan fingerprint density at radius 2 is 2.15 bits per heavy atom. The lowest BCUT2D eigenvalue weighted by molar-refractivity contribution is 0.252. The predicted molar refractivity (Wildman–Crippen MR) is 49.1 cm³/mol. The van der Waals surface area contributed by atoms with Crippen LogP contribution in [0.2, 0.25) is 0 Å². The maximum atomic E-state index is 13.4. The van der Waals surface area contributed by atoms with Crippen LogP contribution in [0.5, 0.6) is 0 Å². The third-order valence-corrected chi connectivity index (χ3v) is 2.85. The van der Waals surface area contributed by atoms with Gasteiger partial charge in [-0.25, -0.2) is 4.39 Å². The van der Waals surface area contributed by atoms with Crippen LogP contribution >= 0.6 is 0 Å². The largest absolute Gasteiger partial charge is 0.395 e. The van der Waals surface area contributed by atoms with Gasteiger partial charge in [0.05, 0.1) is 6.61 Å². The van der Waals surface area contributed by atoms with E-state index < -0.39 is 0 Å². The molecule has 1 aromatic carbocycles. The second-order valence-corrected chi connectivity index (χ2v) is 3.92. The number of aliphatic hydroxyl groups excluding tert-OH is 1. The molecule has 0 aliphatic heterocycles. The summed E-state index contributed by atoms with van der Waals surface area (Å²) < 4.78 is 13.4. The Morgan fingerprint density at radius 1 is 1.46 bits per heavy atom. The van der Waals surface area contributed by atoms with E-state index in [9.17, 15) is 4.39 Å². The third kappa shape index (κ3) is 1.35. The van der Waals surface area contributed by atoms with Gasteiger partial charge < -0.3 is 5.11 Å². The van der Waals surface area contributed by atoms with Gasteiger partial charge in [0.1, 0.15) is 5.82 Å². The van der Waals surface area contributed by atoms with E-state index in [0.29, 0.717) is 5.56 Å². The summed E-state index contributed by atoms with van der Waals surface area (Å²) in [5.41, 5.74) is 1.49. The maximum absolute atomic E-state index is 13.4. The van der Waals surface area contributed by atoms with Crippen LogP contribution in [-0.4, -0.2) is 11.7 Å². The van der Waals surface area contributed by atoms with Crippen LogP contribution in [0.25, 0.3) is 0 Å². The summed E-state index contributed by atoms with van der Waals surface area (Å²) in [5, 5.41) is 9.16. The number of hydrogen-bond donors (Lipinski definition) is 1. The summed E-state index contributed by atoms with van der Waals surface area (Å²) >= 11 is 0. The molecule has 0 amide bonds. The highest BCUT2D eigenvalue weighted by atomic mass is 19.1. The van der Waals surface area contributed by atoms with Crippen molar-refractivity contribution in [2.24, 2.45) is 0 Å². The van der Waals surface area contributed by atoms with Gasteiger partial charge >= 0.3 is 0 Å². The summed E-state index contributed by atoms with van der Waals surface area (Å²) in [6.45, 7) is 2.00. The van der Waals surface area contributed by atoms with E-state index in [-0.39, 0.29) is 17.8 Å². The molecule has 0 aromatic heterocycles. The zero-order valence-electron chi connectivity index (χ0n) is 7.68. The highest BCUT2D eigenvalue weighted by Crippen LogP contribution is 2.48. The smallest absolute Gasteiger partial charge is 0.127 e. The van der Waals surface area contributed by atoms with Crippen molar-refractivity contribution in [1.29, 1.82) is 0 Å². The molecule has 1 aromatic rings. The van der Waals surface area contributed by atoms with Crippen molar-refractivity contribution in [2.75, 3.05) is 6.61 Å². The van der Waals surface area contributed by atoms with Crippen LogP contribution in [0.3, 0.4) is 0 Å². The predicted octanol–water partition coefficient (Wildman–Crippen LogP) is 2.16. The van der Waals surface area contributed by atoms with Crippen LogP contribution in [-0.2, 0) is 5.41 Å². The summed E-state index contributed by atoms with van der Waals surface area (Å²) in [4.78, 5) is 0. The van der Waals surface area contributed by atoms with E-state index in [0.717, 1.165) is 18.4 Å². The van der Waals surface area contributed by atoms with Crippen molar-refractivity contribution in [3.8, 4) is 0 Å². The molecule has 1 nitrogen and oxygen atoms in total. The van der Waals surface area contributed by atoms with Crippen LogP contribution < -0.4 is 0 Å². The molecule has 13 heavy (non-hydrogen) atoms. The van der Waals surface area contributed by atoms with Crippen LogP contribution in [0.15, 0.2) is 18.2 Å².